The van der Waals surface area contributed by atoms with E-state index < -0.39 is 0 Å². The molecule has 0 amide bonds. The molecule has 0 aromatic carbocycles. The molecule has 0 atom stereocenters. The first-order valence-corrected chi connectivity index (χ1v) is 9.03. The number of aromatic nitrogens is 2. The van der Waals surface area contributed by atoms with Gasteiger partial charge < -0.3 is 4.98 Å². The van der Waals surface area contributed by atoms with Gasteiger partial charge in [-0.15, -0.1) is 22.7 Å². The summed E-state index contributed by atoms with van der Waals surface area (Å²) in [6.45, 7) is 4.97. The summed E-state index contributed by atoms with van der Waals surface area (Å²) in [5.74, 6) is 0.543. The van der Waals surface area contributed by atoms with Crippen molar-refractivity contribution in [3.8, 4) is 10.4 Å². The zero-order valence-electron chi connectivity index (χ0n) is 11.9. The van der Waals surface area contributed by atoms with Gasteiger partial charge in [-0.2, -0.15) is 0 Å². The van der Waals surface area contributed by atoms with E-state index >= 15 is 0 Å². The van der Waals surface area contributed by atoms with Crippen molar-refractivity contribution in [1.29, 1.82) is 0 Å². The Hall–Kier alpha value is -1.24. The van der Waals surface area contributed by atoms with Crippen LogP contribution >= 0.6 is 34.9 Å². The summed E-state index contributed by atoms with van der Waals surface area (Å²) in [4.78, 5) is 18.0. The molecule has 0 radical (unpaired) electrons. The topological polar surface area (TPSA) is 37.8 Å². The maximum absolute atomic E-state index is 12.8. The van der Waals surface area contributed by atoms with Crippen molar-refractivity contribution in [2.24, 2.45) is 5.92 Å². The van der Waals surface area contributed by atoms with E-state index in [0.29, 0.717) is 17.2 Å². The predicted molar refractivity (Wildman–Crippen MR) is 94.0 cm³/mol. The van der Waals surface area contributed by atoms with Crippen molar-refractivity contribution in [2.75, 3.05) is 0 Å². The lowest BCUT2D eigenvalue weighted by Gasteiger charge is -2.08. The van der Waals surface area contributed by atoms with Gasteiger partial charge in [-0.05, 0) is 36.0 Å². The van der Waals surface area contributed by atoms with Gasteiger partial charge in [0.2, 0.25) is 0 Å². The third-order valence-electron chi connectivity index (χ3n) is 3.43. The summed E-state index contributed by atoms with van der Waals surface area (Å²) in [5, 5.41) is 4.83. The number of H-pyrrole nitrogens is 1. The van der Waals surface area contributed by atoms with Gasteiger partial charge in [0.1, 0.15) is 4.83 Å². The largest absolute Gasteiger partial charge is 0.323 e. The highest BCUT2D eigenvalue weighted by Gasteiger charge is 2.14. The van der Waals surface area contributed by atoms with Gasteiger partial charge in [0.15, 0.2) is 4.77 Å². The number of rotatable bonds is 4. The van der Waals surface area contributed by atoms with E-state index in [1.54, 1.807) is 27.2 Å². The summed E-state index contributed by atoms with van der Waals surface area (Å²) < 4.78 is 2.22. The van der Waals surface area contributed by atoms with Crippen LogP contribution in [-0.4, -0.2) is 9.55 Å². The minimum Gasteiger partial charge on any atom is -0.323 e. The molecule has 3 aromatic rings. The van der Waals surface area contributed by atoms with Crippen molar-refractivity contribution >= 4 is 45.1 Å². The second-order valence-electron chi connectivity index (χ2n) is 5.40. The number of aromatic amines is 1. The molecule has 0 saturated heterocycles. The summed E-state index contributed by atoms with van der Waals surface area (Å²) >= 11 is 8.54. The molecule has 0 fully saturated rings. The maximum atomic E-state index is 12.8. The third kappa shape index (κ3) is 2.75. The van der Waals surface area contributed by atoms with Crippen molar-refractivity contribution in [2.45, 2.75) is 26.8 Å². The molecule has 0 bridgehead atoms. The molecule has 0 aliphatic carbocycles. The van der Waals surface area contributed by atoms with Crippen molar-refractivity contribution in [3.05, 3.63) is 38.0 Å². The summed E-state index contributed by atoms with van der Waals surface area (Å²) in [5.41, 5.74) is 1.04. The average molecular weight is 337 g/mol. The zero-order chi connectivity index (χ0) is 15.0. The predicted octanol–water partition coefficient (Wildman–Crippen LogP) is 4.90. The second-order valence-corrected chi connectivity index (χ2v) is 7.61. The van der Waals surface area contributed by atoms with Crippen LogP contribution in [-0.2, 0) is 6.54 Å². The zero-order valence-corrected chi connectivity index (χ0v) is 14.3. The van der Waals surface area contributed by atoms with Gasteiger partial charge in [-0.3, -0.25) is 9.36 Å². The van der Waals surface area contributed by atoms with Crippen molar-refractivity contribution in [1.82, 2.24) is 9.55 Å². The van der Waals surface area contributed by atoms with Crippen LogP contribution in [0.4, 0.5) is 0 Å². The van der Waals surface area contributed by atoms with E-state index in [9.17, 15) is 4.79 Å². The Morgan fingerprint density at radius 3 is 2.86 bits per heavy atom. The molecule has 3 rings (SSSR count). The van der Waals surface area contributed by atoms with E-state index in [0.717, 1.165) is 27.1 Å². The molecule has 110 valence electrons. The molecule has 6 heteroatoms. The molecule has 0 spiro atoms. The van der Waals surface area contributed by atoms with E-state index in [-0.39, 0.29) is 5.56 Å². The van der Waals surface area contributed by atoms with Crippen molar-refractivity contribution in [3.63, 3.8) is 0 Å². The number of thiophene rings is 2. The lowest BCUT2D eigenvalue weighted by atomic mass is 10.1. The lowest BCUT2D eigenvalue weighted by molar-refractivity contribution is 0.503. The Kier molecular flexibility index (Phi) is 4.10. The molecule has 0 aliphatic rings. The van der Waals surface area contributed by atoms with Crippen LogP contribution in [0.2, 0.25) is 0 Å². The first-order valence-electron chi connectivity index (χ1n) is 6.86. The summed E-state index contributed by atoms with van der Waals surface area (Å²) in [7, 11) is 0. The average Bonchev–Trinajstić information content (AvgIpc) is 3.05. The molecule has 0 aliphatic heterocycles. The molecule has 1 N–H and O–H groups in total. The van der Waals surface area contributed by atoms with Crippen molar-refractivity contribution < 1.29 is 0 Å². The first kappa shape index (κ1) is 14.7. The minimum absolute atomic E-state index is 0.0269. The SMILES string of the molecule is CC(C)CCn1c(=S)[nH]c2scc(-c3cccs3)c2c1=O. The quantitative estimate of drug-likeness (QED) is 0.688. The first-order chi connectivity index (χ1) is 10.1. The van der Waals surface area contributed by atoms with Gasteiger partial charge in [0.05, 0.1) is 5.39 Å². The van der Waals surface area contributed by atoms with E-state index in [4.69, 9.17) is 12.2 Å². The van der Waals surface area contributed by atoms with Gasteiger partial charge in [0, 0.05) is 22.4 Å². The molecular weight excluding hydrogens is 320 g/mol. The van der Waals surface area contributed by atoms with Crippen LogP contribution in [0, 0.1) is 10.7 Å². The van der Waals surface area contributed by atoms with Crippen LogP contribution in [0.5, 0.6) is 0 Å². The van der Waals surface area contributed by atoms with Crippen LogP contribution in [0.3, 0.4) is 0 Å². The number of nitrogens with one attached hydrogen (secondary N) is 1. The van der Waals surface area contributed by atoms with E-state index in [1.165, 1.54) is 0 Å². The van der Waals surface area contributed by atoms with Crippen LogP contribution < -0.4 is 5.56 Å². The monoisotopic (exact) mass is 336 g/mol. The van der Waals surface area contributed by atoms with E-state index in [1.807, 2.05) is 22.9 Å². The maximum Gasteiger partial charge on any atom is 0.263 e. The lowest BCUT2D eigenvalue weighted by Crippen LogP contribution is -2.22. The minimum atomic E-state index is 0.0269. The fourth-order valence-corrected chi connectivity index (χ4v) is 4.37. The standard InChI is InChI=1S/C15H16N2OS3/c1-9(2)5-6-17-14(18)12-10(11-4-3-7-20-11)8-21-13(12)16-15(17)19/h3-4,7-9H,5-6H2,1-2H3,(H,16,19). The van der Waals surface area contributed by atoms with Crippen LogP contribution in [0.25, 0.3) is 20.7 Å². The van der Waals surface area contributed by atoms with Gasteiger partial charge in [-0.25, -0.2) is 0 Å². The summed E-state index contributed by atoms with van der Waals surface area (Å²) in [6, 6.07) is 4.05. The number of fused-ring (bicyclic) bond motifs is 1. The normalized spacial score (nSPS) is 11.6. The Labute approximate surface area is 135 Å². The fourth-order valence-electron chi connectivity index (χ4n) is 2.26. The molecule has 3 heterocycles. The second kappa shape index (κ2) is 5.87. The molecule has 0 unspecified atom stereocenters. The number of hydrogen-bond donors (Lipinski definition) is 1. The molecule has 0 saturated carbocycles. The Bertz CT molecular complexity index is 869. The Balaban J connectivity index is 2.20. The van der Waals surface area contributed by atoms with Gasteiger partial charge >= 0.3 is 0 Å². The molecule has 3 aromatic heterocycles. The number of hydrogen-bond acceptors (Lipinski definition) is 4. The molecular formula is C15H16N2OS3. The van der Waals surface area contributed by atoms with Crippen LogP contribution in [0.1, 0.15) is 20.3 Å². The molecule has 21 heavy (non-hydrogen) atoms. The van der Waals surface area contributed by atoms with Gasteiger partial charge in [-0.1, -0.05) is 19.9 Å². The highest BCUT2D eigenvalue weighted by Crippen LogP contribution is 2.33. The van der Waals surface area contributed by atoms with Gasteiger partial charge in [0.25, 0.3) is 5.56 Å². The smallest absolute Gasteiger partial charge is 0.263 e. The highest BCUT2D eigenvalue weighted by atomic mass is 32.1. The number of nitrogens with zero attached hydrogens (tertiary/aromatic N) is 1. The van der Waals surface area contributed by atoms with E-state index in [2.05, 4.69) is 18.8 Å². The molecule has 3 nitrogen and oxygen atoms in total. The summed E-state index contributed by atoms with van der Waals surface area (Å²) in [6.07, 6.45) is 0.946. The Morgan fingerprint density at radius 2 is 2.19 bits per heavy atom. The fraction of sp³-hybridized carbons (Fsp3) is 0.333. The van der Waals surface area contributed by atoms with Crippen LogP contribution in [0.15, 0.2) is 27.7 Å². The third-order valence-corrected chi connectivity index (χ3v) is 5.55. The highest BCUT2D eigenvalue weighted by molar-refractivity contribution is 7.71. The Morgan fingerprint density at radius 1 is 1.38 bits per heavy atom.